The molecule has 1 saturated heterocycles. The molecular formula is C15H24N2O. The average molecular weight is 248 g/mol. The highest BCUT2D eigenvalue weighted by Gasteiger charge is 2.25. The number of hydrogen-bond acceptors (Lipinski definition) is 3. The van der Waals surface area contributed by atoms with Crippen molar-refractivity contribution in [2.24, 2.45) is 5.92 Å². The molecule has 3 heteroatoms. The maximum Gasteiger partial charge on any atom is 0.0957 e. The quantitative estimate of drug-likeness (QED) is 0.892. The molecule has 3 atom stereocenters. The summed E-state index contributed by atoms with van der Waals surface area (Å²) in [7, 11) is 0. The van der Waals surface area contributed by atoms with Crippen LogP contribution < -0.4 is 4.90 Å². The number of nitrogens with zero attached hydrogens (tertiary/aromatic N) is 2. The van der Waals surface area contributed by atoms with Gasteiger partial charge in [0.1, 0.15) is 0 Å². The first-order valence-electron chi connectivity index (χ1n) is 7.04. The van der Waals surface area contributed by atoms with E-state index in [2.05, 4.69) is 29.8 Å². The number of pyridine rings is 1. The lowest BCUT2D eigenvalue weighted by Gasteiger charge is -2.39. The number of rotatable bonds is 3. The zero-order valence-electron chi connectivity index (χ0n) is 11.6. The van der Waals surface area contributed by atoms with Gasteiger partial charge in [0.2, 0.25) is 0 Å². The lowest BCUT2D eigenvalue weighted by molar-refractivity contribution is 0.169. The normalized spacial score (nSPS) is 26.1. The van der Waals surface area contributed by atoms with Gasteiger partial charge in [0.05, 0.1) is 23.7 Å². The fourth-order valence-corrected chi connectivity index (χ4v) is 2.67. The van der Waals surface area contributed by atoms with Gasteiger partial charge >= 0.3 is 0 Å². The highest BCUT2D eigenvalue weighted by Crippen LogP contribution is 2.28. The predicted molar refractivity (Wildman–Crippen MR) is 74.7 cm³/mol. The van der Waals surface area contributed by atoms with Crippen molar-refractivity contribution >= 4 is 5.69 Å². The standard InChI is InChI=1S/C15H24N2O/c1-4-15(18)14-8-7-13(10-16-14)17-9-5-6-11(2)12(17)3/h7-8,10-12,15,18H,4-6,9H2,1-3H3. The van der Waals surface area contributed by atoms with E-state index >= 15 is 0 Å². The van der Waals surface area contributed by atoms with Crippen molar-refractivity contribution in [1.82, 2.24) is 4.98 Å². The lowest BCUT2D eigenvalue weighted by atomic mass is 9.92. The van der Waals surface area contributed by atoms with Gasteiger partial charge < -0.3 is 10.0 Å². The van der Waals surface area contributed by atoms with Crippen LogP contribution in [0.3, 0.4) is 0 Å². The van der Waals surface area contributed by atoms with E-state index in [1.807, 2.05) is 19.2 Å². The molecule has 0 aromatic carbocycles. The SMILES string of the molecule is CCC(O)c1ccc(N2CCCC(C)C2C)cn1. The summed E-state index contributed by atoms with van der Waals surface area (Å²) in [6.07, 6.45) is 4.76. The molecule has 0 bridgehead atoms. The Balaban J connectivity index is 2.13. The summed E-state index contributed by atoms with van der Waals surface area (Å²) in [5.74, 6) is 0.736. The third kappa shape index (κ3) is 2.66. The summed E-state index contributed by atoms with van der Waals surface area (Å²) in [6, 6.07) is 4.62. The van der Waals surface area contributed by atoms with Gasteiger partial charge in [0.25, 0.3) is 0 Å². The van der Waals surface area contributed by atoms with Crippen molar-refractivity contribution in [2.75, 3.05) is 11.4 Å². The first-order chi connectivity index (χ1) is 8.63. The van der Waals surface area contributed by atoms with Gasteiger partial charge in [0, 0.05) is 12.6 Å². The molecule has 3 nitrogen and oxygen atoms in total. The summed E-state index contributed by atoms with van der Waals surface area (Å²) >= 11 is 0. The highest BCUT2D eigenvalue weighted by molar-refractivity contribution is 5.46. The molecule has 1 aliphatic rings. The average Bonchev–Trinajstić information content (AvgIpc) is 2.41. The van der Waals surface area contributed by atoms with Gasteiger partial charge in [-0.2, -0.15) is 0 Å². The number of hydrogen-bond donors (Lipinski definition) is 1. The summed E-state index contributed by atoms with van der Waals surface area (Å²) in [6.45, 7) is 7.69. The van der Waals surface area contributed by atoms with Crippen LogP contribution in [0.1, 0.15) is 51.8 Å². The molecule has 2 heterocycles. The van der Waals surface area contributed by atoms with Crippen molar-refractivity contribution in [2.45, 2.75) is 52.2 Å². The number of aliphatic hydroxyl groups excluding tert-OH is 1. The van der Waals surface area contributed by atoms with Crippen molar-refractivity contribution in [1.29, 1.82) is 0 Å². The van der Waals surface area contributed by atoms with Crippen molar-refractivity contribution in [3.05, 3.63) is 24.0 Å². The maximum atomic E-state index is 9.75. The minimum atomic E-state index is -0.434. The van der Waals surface area contributed by atoms with E-state index in [0.717, 1.165) is 18.2 Å². The zero-order valence-corrected chi connectivity index (χ0v) is 11.6. The summed E-state index contributed by atoms with van der Waals surface area (Å²) in [5, 5.41) is 9.75. The Labute approximate surface area is 110 Å². The number of anilines is 1. The van der Waals surface area contributed by atoms with Crippen LogP contribution in [0.2, 0.25) is 0 Å². The van der Waals surface area contributed by atoms with Gasteiger partial charge in [-0.15, -0.1) is 0 Å². The monoisotopic (exact) mass is 248 g/mol. The minimum absolute atomic E-state index is 0.434. The Morgan fingerprint density at radius 3 is 2.83 bits per heavy atom. The van der Waals surface area contributed by atoms with Gasteiger partial charge in [0.15, 0.2) is 0 Å². The Morgan fingerprint density at radius 1 is 1.44 bits per heavy atom. The molecule has 1 fully saturated rings. The van der Waals surface area contributed by atoms with Crippen LogP contribution in [0.4, 0.5) is 5.69 Å². The molecule has 1 aromatic heterocycles. The smallest absolute Gasteiger partial charge is 0.0957 e. The molecule has 0 amide bonds. The van der Waals surface area contributed by atoms with Gasteiger partial charge in [-0.3, -0.25) is 4.98 Å². The van der Waals surface area contributed by atoms with Crippen molar-refractivity contribution < 1.29 is 5.11 Å². The number of piperidine rings is 1. The topological polar surface area (TPSA) is 36.4 Å². The Morgan fingerprint density at radius 2 is 2.22 bits per heavy atom. The van der Waals surface area contributed by atoms with Crippen molar-refractivity contribution in [3.8, 4) is 0 Å². The lowest BCUT2D eigenvalue weighted by Crippen LogP contribution is -2.42. The molecule has 1 N–H and O–H groups in total. The van der Waals surface area contributed by atoms with Crippen LogP contribution in [0, 0.1) is 5.92 Å². The van der Waals surface area contributed by atoms with E-state index in [0.29, 0.717) is 12.5 Å². The van der Waals surface area contributed by atoms with Crippen LogP contribution >= 0.6 is 0 Å². The van der Waals surface area contributed by atoms with Gasteiger partial charge in [-0.1, -0.05) is 13.8 Å². The van der Waals surface area contributed by atoms with E-state index < -0.39 is 6.10 Å². The molecule has 0 saturated carbocycles. The second-order valence-corrected chi connectivity index (χ2v) is 5.42. The molecular weight excluding hydrogens is 224 g/mol. The van der Waals surface area contributed by atoms with Crippen LogP contribution in [-0.2, 0) is 0 Å². The largest absolute Gasteiger partial charge is 0.387 e. The van der Waals surface area contributed by atoms with E-state index in [9.17, 15) is 5.11 Å². The predicted octanol–water partition coefficient (Wildman–Crippen LogP) is 3.15. The maximum absolute atomic E-state index is 9.75. The molecule has 0 aliphatic carbocycles. The third-order valence-corrected chi connectivity index (χ3v) is 4.20. The molecule has 1 aromatic rings. The molecule has 0 spiro atoms. The third-order valence-electron chi connectivity index (χ3n) is 4.20. The molecule has 100 valence electrons. The second kappa shape index (κ2) is 5.70. The number of aromatic nitrogens is 1. The van der Waals surface area contributed by atoms with E-state index in [4.69, 9.17) is 0 Å². The van der Waals surface area contributed by atoms with E-state index in [-0.39, 0.29) is 0 Å². The Hall–Kier alpha value is -1.09. The van der Waals surface area contributed by atoms with Crippen LogP contribution in [0.15, 0.2) is 18.3 Å². The molecule has 1 aliphatic heterocycles. The van der Waals surface area contributed by atoms with Crippen LogP contribution in [0.5, 0.6) is 0 Å². The fraction of sp³-hybridized carbons (Fsp3) is 0.667. The van der Waals surface area contributed by atoms with Crippen LogP contribution in [0.25, 0.3) is 0 Å². The second-order valence-electron chi connectivity index (χ2n) is 5.42. The number of aliphatic hydroxyl groups is 1. The molecule has 2 rings (SSSR count). The Kier molecular flexibility index (Phi) is 4.23. The first kappa shape index (κ1) is 13.3. The van der Waals surface area contributed by atoms with Crippen LogP contribution in [-0.4, -0.2) is 22.7 Å². The van der Waals surface area contributed by atoms with Crippen molar-refractivity contribution in [3.63, 3.8) is 0 Å². The first-order valence-corrected chi connectivity index (χ1v) is 7.04. The molecule has 18 heavy (non-hydrogen) atoms. The fourth-order valence-electron chi connectivity index (χ4n) is 2.67. The Bertz CT molecular complexity index is 377. The highest BCUT2D eigenvalue weighted by atomic mass is 16.3. The summed E-state index contributed by atoms with van der Waals surface area (Å²) < 4.78 is 0. The van der Waals surface area contributed by atoms with Gasteiger partial charge in [-0.25, -0.2) is 0 Å². The summed E-state index contributed by atoms with van der Waals surface area (Å²) in [4.78, 5) is 6.83. The van der Waals surface area contributed by atoms with E-state index in [1.54, 1.807) is 0 Å². The molecule has 3 unspecified atom stereocenters. The molecule has 0 radical (unpaired) electrons. The minimum Gasteiger partial charge on any atom is -0.387 e. The van der Waals surface area contributed by atoms with E-state index in [1.165, 1.54) is 18.5 Å². The summed E-state index contributed by atoms with van der Waals surface area (Å²) in [5.41, 5.74) is 1.96. The zero-order chi connectivity index (χ0) is 13.1. The van der Waals surface area contributed by atoms with Gasteiger partial charge in [-0.05, 0) is 44.2 Å².